The van der Waals surface area contributed by atoms with Crippen molar-refractivity contribution in [1.29, 1.82) is 0 Å². The third-order valence-corrected chi connectivity index (χ3v) is 3.41. The summed E-state index contributed by atoms with van der Waals surface area (Å²) in [6, 6.07) is 3.27. The van der Waals surface area contributed by atoms with Crippen molar-refractivity contribution in [2.24, 2.45) is 0 Å². The number of carbonyl (C=O) groups is 1. The van der Waals surface area contributed by atoms with E-state index in [2.05, 4.69) is 10.00 Å². The van der Waals surface area contributed by atoms with Gasteiger partial charge in [0.2, 0.25) is 0 Å². The van der Waals surface area contributed by atoms with E-state index in [0.717, 1.165) is 5.82 Å². The van der Waals surface area contributed by atoms with Crippen molar-refractivity contribution in [3.8, 4) is 0 Å². The smallest absolute Gasteiger partial charge is 0.410 e. The summed E-state index contributed by atoms with van der Waals surface area (Å²) < 4.78 is 6.82. The van der Waals surface area contributed by atoms with Crippen LogP contribution in [-0.2, 0) is 11.3 Å². The maximum Gasteiger partial charge on any atom is 0.410 e. The molecule has 122 valence electrons. The molecule has 0 radical (unpaired) electrons. The van der Waals surface area contributed by atoms with E-state index in [4.69, 9.17) is 4.74 Å². The Hall–Kier alpha value is -2.05. The van der Waals surface area contributed by atoms with Gasteiger partial charge in [0.15, 0.2) is 0 Å². The zero-order valence-electron chi connectivity index (χ0n) is 13.7. The quantitative estimate of drug-likeness (QED) is 0.824. The number of nitrogens with zero attached hydrogens (tertiary/aromatic N) is 4. The molecule has 0 atom stereocenters. The highest BCUT2D eigenvalue weighted by Gasteiger charge is 2.26. The third-order valence-electron chi connectivity index (χ3n) is 3.41. The second kappa shape index (κ2) is 6.37. The SMILES string of the molecule is CCn1nc(N2CCN(C(=O)OC(C)(C)C)CC2)ccc1=O. The van der Waals surface area contributed by atoms with Gasteiger partial charge >= 0.3 is 6.09 Å². The Morgan fingerprint density at radius 2 is 1.86 bits per heavy atom. The van der Waals surface area contributed by atoms with Crippen LogP contribution in [0.25, 0.3) is 0 Å². The van der Waals surface area contributed by atoms with Gasteiger partial charge in [-0.3, -0.25) is 4.79 Å². The van der Waals surface area contributed by atoms with Gasteiger partial charge in [0.25, 0.3) is 5.56 Å². The minimum absolute atomic E-state index is 0.0985. The zero-order valence-corrected chi connectivity index (χ0v) is 13.7. The summed E-state index contributed by atoms with van der Waals surface area (Å²) in [6.07, 6.45) is -0.279. The van der Waals surface area contributed by atoms with Gasteiger partial charge in [-0.05, 0) is 33.8 Å². The molecule has 1 aromatic rings. The number of piperazine rings is 1. The average molecular weight is 308 g/mol. The van der Waals surface area contributed by atoms with Crippen molar-refractivity contribution < 1.29 is 9.53 Å². The Bertz CT molecular complexity index is 583. The van der Waals surface area contributed by atoms with Gasteiger partial charge in [0, 0.05) is 38.8 Å². The Kier molecular flexibility index (Phi) is 4.73. The molecule has 0 spiro atoms. The topological polar surface area (TPSA) is 67.7 Å². The average Bonchev–Trinajstić information content (AvgIpc) is 2.46. The highest BCUT2D eigenvalue weighted by molar-refractivity contribution is 5.68. The van der Waals surface area contributed by atoms with E-state index in [1.807, 2.05) is 27.7 Å². The monoisotopic (exact) mass is 308 g/mol. The number of amides is 1. The van der Waals surface area contributed by atoms with Crippen LogP contribution in [0.15, 0.2) is 16.9 Å². The molecule has 0 N–H and O–H groups in total. The van der Waals surface area contributed by atoms with Crippen LogP contribution < -0.4 is 10.5 Å². The number of aryl methyl sites for hydroxylation is 1. The van der Waals surface area contributed by atoms with E-state index in [9.17, 15) is 9.59 Å². The zero-order chi connectivity index (χ0) is 16.3. The molecule has 0 bridgehead atoms. The van der Waals surface area contributed by atoms with E-state index < -0.39 is 5.60 Å². The maximum absolute atomic E-state index is 12.0. The van der Waals surface area contributed by atoms with E-state index in [-0.39, 0.29) is 11.7 Å². The summed E-state index contributed by atoms with van der Waals surface area (Å²) in [7, 11) is 0. The van der Waals surface area contributed by atoms with Crippen molar-refractivity contribution in [2.45, 2.75) is 39.8 Å². The summed E-state index contributed by atoms with van der Waals surface area (Å²) >= 11 is 0. The molecule has 1 aliphatic heterocycles. The minimum Gasteiger partial charge on any atom is -0.444 e. The van der Waals surface area contributed by atoms with Crippen LogP contribution in [0, 0.1) is 0 Å². The van der Waals surface area contributed by atoms with Gasteiger partial charge in [-0.1, -0.05) is 0 Å². The van der Waals surface area contributed by atoms with Gasteiger partial charge in [-0.25, -0.2) is 9.48 Å². The Balaban J connectivity index is 1.97. The first-order valence-electron chi connectivity index (χ1n) is 7.61. The largest absolute Gasteiger partial charge is 0.444 e. The summed E-state index contributed by atoms with van der Waals surface area (Å²) in [4.78, 5) is 27.4. The van der Waals surface area contributed by atoms with Gasteiger partial charge in [-0.2, -0.15) is 5.10 Å². The normalized spacial score (nSPS) is 15.8. The molecule has 0 aromatic carbocycles. The fourth-order valence-electron chi connectivity index (χ4n) is 2.28. The predicted molar refractivity (Wildman–Crippen MR) is 84.2 cm³/mol. The van der Waals surface area contributed by atoms with Gasteiger partial charge < -0.3 is 14.5 Å². The first-order valence-corrected chi connectivity index (χ1v) is 7.61. The maximum atomic E-state index is 12.0. The van der Waals surface area contributed by atoms with Crippen LogP contribution in [0.4, 0.5) is 10.6 Å². The van der Waals surface area contributed by atoms with E-state index in [0.29, 0.717) is 32.7 Å². The fraction of sp³-hybridized carbons (Fsp3) is 0.667. The molecule has 7 heteroatoms. The first kappa shape index (κ1) is 16.3. The molecule has 0 saturated carbocycles. The minimum atomic E-state index is -0.480. The van der Waals surface area contributed by atoms with Crippen LogP contribution >= 0.6 is 0 Å². The number of hydrogen-bond acceptors (Lipinski definition) is 5. The standard InChI is InChI=1S/C15H24N4O3/c1-5-19-13(20)7-6-12(16-19)17-8-10-18(11-9-17)14(21)22-15(2,3)4/h6-7H,5,8-11H2,1-4H3. The molecule has 2 rings (SSSR count). The summed E-state index contributed by atoms with van der Waals surface area (Å²) in [5, 5.41) is 4.34. The number of hydrogen-bond donors (Lipinski definition) is 0. The van der Waals surface area contributed by atoms with Crippen LogP contribution in [0.3, 0.4) is 0 Å². The van der Waals surface area contributed by atoms with Crippen molar-refractivity contribution >= 4 is 11.9 Å². The molecule has 1 aromatic heterocycles. The highest BCUT2D eigenvalue weighted by Crippen LogP contribution is 2.15. The number of carbonyl (C=O) groups excluding carboxylic acids is 1. The molecular formula is C15H24N4O3. The van der Waals surface area contributed by atoms with Gasteiger partial charge in [0.05, 0.1) is 0 Å². The molecule has 1 aliphatic rings. The molecule has 7 nitrogen and oxygen atoms in total. The number of anilines is 1. The summed E-state index contributed by atoms with van der Waals surface area (Å²) in [6.45, 7) is 10.5. The van der Waals surface area contributed by atoms with E-state index in [1.54, 1.807) is 11.0 Å². The first-order chi connectivity index (χ1) is 10.3. The predicted octanol–water partition coefficient (Wildman–Crippen LogP) is 1.32. The number of ether oxygens (including phenoxy) is 1. The van der Waals surface area contributed by atoms with Crippen molar-refractivity contribution in [3.05, 3.63) is 22.5 Å². The lowest BCUT2D eigenvalue weighted by Crippen LogP contribution is -2.50. The second-order valence-electron chi connectivity index (χ2n) is 6.30. The van der Waals surface area contributed by atoms with Crippen LogP contribution in [-0.4, -0.2) is 52.6 Å². The lowest BCUT2D eigenvalue weighted by Gasteiger charge is -2.36. The van der Waals surface area contributed by atoms with E-state index in [1.165, 1.54) is 10.7 Å². The van der Waals surface area contributed by atoms with Crippen molar-refractivity contribution in [3.63, 3.8) is 0 Å². The highest BCUT2D eigenvalue weighted by atomic mass is 16.6. The molecule has 1 saturated heterocycles. The van der Waals surface area contributed by atoms with Crippen molar-refractivity contribution in [2.75, 3.05) is 31.1 Å². The molecule has 1 amide bonds. The Morgan fingerprint density at radius 1 is 1.23 bits per heavy atom. The van der Waals surface area contributed by atoms with Crippen LogP contribution in [0.1, 0.15) is 27.7 Å². The fourth-order valence-corrected chi connectivity index (χ4v) is 2.28. The summed E-state index contributed by atoms with van der Waals surface area (Å²) in [5.74, 6) is 0.769. The molecule has 2 heterocycles. The molecule has 22 heavy (non-hydrogen) atoms. The van der Waals surface area contributed by atoms with Crippen LogP contribution in [0.2, 0.25) is 0 Å². The molecule has 0 unspecified atom stereocenters. The second-order valence-corrected chi connectivity index (χ2v) is 6.30. The Labute approximate surface area is 130 Å². The number of aromatic nitrogens is 2. The summed E-state index contributed by atoms with van der Waals surface area (Å²) in [5.41, 5.74) is -0.578. The van der Waals surface area contributed by atoms with E-state index >= 15 is 0 Å². The number of rotatable bonds is 2. The third kappa shape index (κ3) is 3.99. The van der Waals surface area contributed by atoms with Crippen molar-refractivity contribution in [1.82, 2.24) is 14.7 Å². The Morgan fingerprint density at radius 3 is 2.41 bits per heavy atom. The van der Waals surface area contributed by atoms with Gasteiger partial charge in [0.1, 0.15) is 11.4 Å². The molecule has 0 aliphatic carbocycles. The lowest BCUT2D eigenvalue weighted by molar-refractivity contribution is 0.0240. The lowest BCUT2D eigenvalue weighted by atomic mass is 10.2. The molecule has 1 fully saturated rings. The van der Waals surface area contributed by atoms with Crippen LogP contribution in [0.5, 0.6) is 0 Å². The molecular weight excluding hydrogens is 284 g/mol. The van der Waals surface area contributed by atoms with Gasteiger partial charge in [-0.15, -0.1) is 0 Å².